The van der Waals surface area contributed by atoms with E-state index in [0.717, 1.165) is 11.3 Å². The van der Waals surface area contributed by atoms with Gasteiger partial charge in [0.05, 0.1) is 13.7 Å². The largest absolute Gasteiger partial charge is 0.497 e. The Hall–Kier alpha value is -2.82. The van der Waals surface area contributed by atoms with Crippen molar-refractivity contribution in [1.82, 2.24) is 5.32 Å². The zero-order valence-electron chi connectivity index (χ0n) is 13.2. The van der Waals surface area contributed by atoms with Gasteiger partial charge in [-0.15, -0.1) is 0 Å². The Balaban J connectivity index is 1.96. The van der Waals surface area contributed by atoms with Crippen molar-refractivity contribution >= 4 is 11.7 Å². The molecular formula is C18H19NO4. The number of carbonyl (C=O) groups excluding carboxylic acids is 2. The highest BCUT2D eigenvalue weighted by molar-refractivity contribution is 5.96. The lowest BCUT2D eigenvalue weighted by molar-refractivity contribution is -0.116. The second kappa shape index (κ2) is 7.98. The fraction of sp³-hybridized carbons (Fsp3) is 0.222. The van der Waals surface area contributed by atoms with E-state index in [0.29, 0.717) is 17.9 Å². The van der Waals surface area contributed by atoms with Crippen LogP contribution < -0.4 is 14.8 Å². The molecule has 0 radical (unpaired) electrons. The number of methoxy groups -OCH3 is 1. The molecule has 0 saturated carbocycles. The zero-order valence-corrected chi connectivity index (χ0v) is 13.2. The number of amides is 1. The summed E-state index contributed by atoms with van der Waals surface area (Å²) in [4.78, 5) is 22.8. The molecule has 0 bridgehead atoms. The Kier molecular flexibility index (Phi) is 5.74. The molecule has 0 aliphatic rings. The van der Waals surface area contributed by atoms with Crippen LogP contribution in [-0.2, 0) is 11.4 Å². The second-order valence-corrected chi connectivity index (χ2v) is 5.05. The lowest BCUT2D eigenvalue weighted by Gasteiger charge is -2.09. The summed E-state index contributed by atoms with van der Waals surface area (Å²) in [6.07, 6.45) is 0. The number of ether oxygens (including phenoxy) is 2. The molecule has 1 amide bonds. The van der Waals surface area contributed by atoms with Gasteiger partial charge < -0.3 is 14.8 Å². The summed E-state index contributed by atoms with van der Waals surface area (Å²) in [5.41, 5.74) is 1.45. The van der Waals surface area contributed by atoms with Crippen LogP contribution in [0.4, 0.5) is 0 Å². The minimum absolute atomic E-state index is 0.0236. The Morgan fingerprint density at radius 1 is 1.04 bits per heavy atom. The first-order valence-corrected chi connectivity index (χ1v) is 7.22. The molecule has 1 N–H and O–H groups in total. The van der Waals surface area contributed by atoms with E-state index < -0.39 is 0 Å². The molecule has 0 aromatic heterocycles. The maximum Gasteiger partial charge on any atom is 0.251 e. The average Bonchev–Trinajstić information content (AvgIpc) is 2.58. The molecule has 0 atom stereocenters. The van der Waals surface area contributed by atoms with Gasteiger partial charge in [-0.2, -0.15) is 0 Å². The van der Waals surface area contributed by atoms with Crippen molar-refractivity contribution in [1.29, 1.82) is 0 Å². The lowest BCUT2D eigenvalue weighted by atomic mass is 10.2. The Morgan fingerprint density at radius 3 is 2.43 bits per heavy atom. The number of hydrogen-bond acceptors (Lipinski definition) is 4. The molecule has 2 rings (SSSR count). The highest BCUT2D eigenvalue weighted by atomic mass is 16.5. The summed E-state index contributed by atoms with van der Waals surface area (Å²) in [5.74, 6) is 0.995. The number of Topliss-reactive ketones (excluding diaryl/α,β-unsaturated/α-hetero) is 1. The third kappa shape index (κ3) is 5.14. The number of carbonyl (C=O) groups is 2. The predicted octanol–water partition coefficient (Wildman–Crippen LogP) is 2.59. The number of hydrogen-bond donors (Lipinski definition) is 1. The van der Waals surface area contributed by atoms with Crippen molar-refractivity contribution in [2.45, 2.75) is 13.5 Å². The monoisotopic (exact) mass is 313 g/mol. The van der Waals surface area contributed by atoms with Crippen LogP contribution in [0.1, 0.15) is 22.8 Å². The second-order valence-electron chi connectivity index (χ2n) is 5.05. The van der Waals surface area contributed by atoms with Gasteiger partial charge in [0.1, 0.15) is 23.9 Å². The maximum absolute atomic E-state index is 11.9. The van der Waals surface area contributed by atoms with Gasteiger partial charge in [-0.1, -0.05) is 18.2 Å². The van der Waals surface area contributed by atoms with Gasteiger partial charge in [0, 0.05) is 5.56 Å². The molecule has 0 saturated heterocycles. The van der Waals surface area contributed by atoms with Crippen molar-refractivity contribution < 1.29 is 19.1 Å². The molecule has 2 aromatic carbocycles. The topological polar surface area (TPSA) is 64.6 Å². The third-order valence-corrected chi connectivity index (χ3v) is 3.16. The Bertz CT molecular complexity index is 680. The molecule has 0 aliphatic heterocycles. The van der Waals surface area contributed by atoms with Crippen LogP contribution in [0.3, 0.4) is 0 Å². The van der Waals surface area contributed by atoms with Crippen LogP contribution in [0.15, 0.2) is 48.5 Å². The van der Waals surface area contributed by atoms with E-state index in [-0.39, 0.29) is 18.2 Å². The maximum atomic E-state index is 11.9. The standard InChI is InChI=1S/C18H19NO4/c1-13(20)11-19-18(21)15-4-3-5-17(10-15)23-12-14-6-8-16(22-2)9-7-14/h3-10H,11-12H2,1-2H3,(H,19,21). The van der Waals surface area contributed by atoms with Crippen LogP contribution >= 0.6 is 0 Å². The van der Waals surface area contributed by atoms with Gasteiger partial charge in [0.25, 0.3) is 5.91 Å². The van der Waals surface area contributed by atoms with E-state index in [9.17, 15) is 9.59 Å². The van der Waals surface area contributed by atoms with E-state index >= 15 is 0 Å². The molecule has 5 nitrogen and oxygen atoms in total. The van der Waals surface area contributed by atoms with Crippen LogP contribution in [0.2, 0.25) is 0 Å². The summed E-state index contributed by atoms with van der Waals surface area (Å²) in [7, 11) is 1.62. The van der Waals surface area contributed by atoms with Crippen molar-refractivity contribution in [2.24, 2.45) is 0 Å². The van der Waals surface area contributed by atoms with Crippen LogP contribution in [-0.4, -0.2) is 25.3 Å². The van der Waals surface area contributed by atoms with E-state index in [2.05, 4.69) is 5.32 Å². The molecule has 0 unspecified atom stereocenters. The van der Waals surface area contributed by atoms with Gasteiger partial charge in [-0.25, -0.2) is 0 Å². The molecular weight excluding hydrogens is 294 g/mol. The summed E-state index contributed by atoms with van der Waals surface area (Å²) in [6.45, 7) is 1.84. The predicted molar refractivity (Wildman–Crippen MR) is 86.8 cm³/mol. The Labute approximate surface area is 135 Å². The first-order valence-electron chi connectivity index (χ1n) is 7.22. The summed E-state index contributed by atoms with van der Waals surface area (Å²) in [5, 5.41) is 2.55. The molecule has 23 heavy (non-hydrogen) atoms. The van der Waals surface area contributed by atoms with Gasteiger partial charge >= 0.3 is 0 Å². The van der Waals surface area contributed by atoms with Crippen LogP contribution in [0.5, 0.6) is 11.5 Å². The fourth-order valence-electron chi connectivity index (χ4n) is 1.92. The van der Waals surface area contributed by atoms with Gasteiger partial charge in [-0.3, -0.25) is 9.59 Å². The molecule has 2 aromatic rings. The molecule has 0 aliphatic carbocycles. The SMILES string of the molecule is COc1ccc(COc2cccc(C(=O)NCC(C)=O)c2)cc1. The first kappa shape index (κ1) is 16.5. The summed E-state index contributed by atoms with van der Waals surface area (Å²) < 4.78 is 10.8. The highest BCUT2D eigenvalue weighted by Gasteiger charge is 2.07. The van der Waals surface area contributed by atoms with E-state index in [4.69, 9.17) is 9.47 Å². The minimum Gasteiger partial charge on any atom is -0.497 e. The van der Waals surface area contributed by atoms with Crippen molar-refractivity contribution in [3.8, 4) is 11.5 Å². The van der Waals surface area contributed by atoms with Crippen molar-refractivity contribution in [3.63, 3.8) is 0 Å². The number of nitrogens with one attached hydrogen (secondary N) is 1. The molecule has 0 spiro atoms. The van der Waals surface area contributed by atoms with Gasteiger partial charge in [0.15, 0.2) is 0 Å². The number of benzene rings is 2. The van der Waals surface area contributed by atoms with Crippen LogP contribution in [0.25, 0.3) is 0 Å². The van der Waals surface area contributed by atoms with E-state index in [1.165, 1.54) is 6.92 Å². The number of rotatable bonds is 7. The molecule has 5 heteroatoms. The minimum atomic E-state index is -0.296. The average molecular weight is 313 g/mol. The first-order chi connectivity index (χ1) is 11.1. The van der Waals surface area contributed by atoms with Crippen molar-refractivity contribution in [3.05, 3.63) is 59.7 Å². The highest BCUT2D eigenvalue weighted by Crippen LogP contribution is 2.17. The lowest BCUT2D eigenvalue weighted by Crippen LogP contribution is -2.28. The fourth-order valence-corrected chi connectivity index (χ4v) is 1.92. The van der Waals surface area contributed by atoms with Crippen molar-refractivity contribution in [2.75, 3.05) is 13.7 Å². The quantitative estimate of drug-likeness (QED) is 0.853. The zero-order chi connectivity index (χ0) is 16.7. The van der Waals surface area contributed by atoms with Gasteiger partial charge in [0.2, 0.25) is 0 Å². The van der Waals surface area contributed by atoms with E-state index in [1.54, 1.807) is 31.4 Å². The normalized spacial score (nSPS) is 10.0. The molecule has 0 fully saturated rings. The Morgan fingerprint density at radius 2 is 1.78 bits per heavy atom. The van der Waals surface area contributed by atoms with E-state index in [1.807, 2.05) is 24.3 Å². The number of ketones is 1. The summed E-state index contributed by atoms with van der Waals surface area (Å²) in [6, 6.07) is 14.4. The smallest absolute Gasteiger partial charge is 0.251 e. The third-order valence-electron chi connectivity index (χ3n) is 3.16. The molecule has 120 valence electrons. The molecule has 0 heterocycles. The van der Waals surface area contributed by atoms with Crippen LogP contribution in [0, 0.1) is 0 Å². The summed E-state index contributed by atoms with van der Waals surface area (Å²) >= 11 is 0. The van der Waals surface area contributed by atoms with Gasteiger partial charge in [-0.05, 0) is 42.8 Å².